The van der Waals surface area contributed by atoms with Gasteiger partial charge in [0.2, 0.25) is 0 Å². The van der Waals surface area contributed by atoms with Crippen molar-refractivity contribution in [2.24, 2.45) is 14.1 Å². The maximum atomic E-state index is 11.0. The van der Waals surface area contributed by atoms with Crippen molar-refractivity contribution in [3.05, 3.63) is 60.7 Å². The second-order valence-electron chi connectivity index (χ2n) is 6.82. The molecular formula is C20H18N8OS. The molecule has 1 aromatic carbocycles. The second-order valence-corrected chi connectivity index (χ2v) is 7.80. The normalized spacial score (nSPS) is 12.5. The summed E-state index contributed by atoms with van der Waals surface area (Å²) in [5.41, 5.74) is 8.95. The van der Waals surface area contributed by atoms with Crippen molar-refractivity contribution in [1.29, 1.82) is 0 Å². The molecular weight excluding hydrogens is 400 g/mol. The lowest BCUT2D eigenvalue weighted by molar-refractivity contribution is 0.193. The van der Waals surface area contributed by atoms with Gasteiger partial charge < -0.3 is 20.0 Å². The molecule has 1 atom stereocenters. The van der Waals surface area contributed by atoms with Crippen molar-refractivity contribution in [2.75, 3.05) is 5.73 Å². The van der Waals surface area contributed by atoms with Gasteiger partial charge in [-0.1, -0.05) is 41.7 Å². The third-order valence-electron chi connectivity index (χ3n) is 4.95. The van der Waals surface area contributed by atoms with E-state index in [2.05, 4.69) is 19.9 Å². The Kier molecular flexibility index (Phi) is 4.30. The van der Waals surface area contributed by atoms with Crippen LogP contribution in [0.4, 0.5) is 5.82 Å². The maximum Gasteiger partial charge on any atom is 0.169 e. The third-order valence-corrected chi connectivity index (χ3v) is 5.92. The number of aromatic nitrogens is 7. The highest BCUT2D eigenvalue weighted by Gasteiger charge is 2.27. The zero-order valence-corrected chi connectivity index (χ0v) is 17.1. The Morgan fingerprint density at radius 3 is 2.53 bits per heavy atom. The highest BCUT2D eigenvalue weighted by atomic mass is 32.1. The Morgan fingerprint density at radius 1 is 1.03 bits per heavy atom. The smallest absolute Gasteiger partial charge is 0.169 e. The van der Waals surface area contributed by atoms with Crippen molar-refractivity contribution in [3.63, 3.8) is 0 Å². The van der Waals surface area contributed by atoms with Crippen LogP contribution in [0, 0.1) is 0 Å². The first-order chi connectivity index (χ1) is 14.5. The van der Waals surface area contributed by atoms with Gasteiger partial charge >= 0.3 is 0 Å². The van der Waals surface area contributed by atoms with Gasteiger partial charge in [0.1, 0.15) is 39.0 Å². The fraction of sp³-hybridized carbons (Fsp3) is 0.150. The van der Waals surface area contributed by atoms with E-state index in [-0.39, 0.29) is 0 Å². The SMILES string of the molecule is Cn1ccnc1C(O)c1nc(-c2ccccc2)c(-c2nc3c(N)ncnc3s2)n1C. The van der Waals surface area contributed by atoms with Gasteiger partial charge in [0.05, 0.1) is 5.69 Å². The van der Waals surface area contributed by atoms with E-state index in [1.165, 1.54) is 17.7 Å². The van der Waals surface area contributed by atoms with Gasteiger partial charge in [0.25, 0.3) is 0 Å². The van der Waals surface area contributed by atoms with E-state index in [0.29, 0.717) is 38.5 Å². The van der Waals surface area contributed by atoms with Crippen LogP contribution in [0.15, 0.2) is 49.1 Å². The summed E-state index contributed by atoms with van der Waals surface area (Å²) in [6.45, 7) is 0. The second kappa shape index (κ2) is 7.01. The molecule has 0 saturated carbocycles. The molecule has 4 heterocycles. The van der Waals surface area contributed by atoms with Crippen LogP contribution in [0.1, 0.15) is 17.8 Å². The molecule has 5 rings (SSSR count). The van der Waals surface area contributed by atoms with Gasteiger partial charge in [-0.15, -0.1) is 0 Å². The number of hydrogen-bond acceptors (Lipinski definition) is 8. The molecule has 0 aliphatic heterocycles. The zero-order valence-electron chi connectivity index (χ0n) is 16.3. The predicted molar refractivity (Wildman–Crippen MR) is 115 cm³/mol. The van der Waals surface area contributed by atoms with Crippen molar-refractivity contribution in [1.82, 2.24) is 34.1 Å². The molecule has 10 heteroatoms. The summed E-state index contributed by atoms with van der Waals surface area (Å²) in [6, 6.07) is 9.80. The number of aliphatic hydroxyl groups is 1. The number of nitrogens with two attached hydrogens (primary N) is 1. The Morgan fingerprint density at radius 2 is 1.83 bits per heavy atom. The highest BCUT2D eigenvalue weighted by molar-refractivity contribution is 7.21. The van der Waals surface area contributed by atoms with Gasteiger partial charge in [-0.25, -0.2) is 24.9 Å². The van der Waals surface area contributed by atoms with E-state index < -0.39 is 6.10 Å². The van der Waals surface area contributed by atoms with Gasteiger partial charge in [-0.2, -0.15) is 0 Å². The van der Waals surface area contributed by atoms with E-state index in [1.807, 2.05) is 49.0 Å². The zero-order chi connectivity index (χ0) is 20.8. The Bertz CT molecular complexity index is 1350. The monoisotopic (exact) mass is 418 g/mol. The lowest BCUT2D eigenvalue weighted by atomic mass is 10.1. The van der Waals surface area contributed by atoms with Crippen LogP contribution < -0.4 is 5.73 Å². The predicted octanol–water partition coefficient (Wildman–Crippen LogP) is 2.55. The topological polar surface area (TPSA) is 121 Å². The van der Waals surface area contributed by atoms with Crippen molar-refractivity contribution in [3.8, 4) is 22.0 Å². The number of nitrogen functional groups attached to an aromatic ring is 1. The number of thiazole rings is 1. The summed E-state index contributed by atoms with van der Waals surface area (Å²) in [7, 11) is 3.69. The fourth-order valence-corrected chi connectivity index (χ4v) is 4.43. The number of benzene rings is 1. The molecule has 0 amide bonds. The molecule has 0 radical (unpaired) electrons. The molecule has 5 aromatic rings. The number of rotatable bonds is 4. The van der Waals surface area contributed by atoms with Gasteiger partial charge in [0, 0.05) is 32.1 Å². The molecule has 3 N–H and O–H groups in total. The molecule has 0 fully saturated rings. The average molecular weight is 418 g/mol. The minimum absolute atomic E-state index is 0.333. The van der Waals surface area contributed by atoms with Crippen LogP contribution in [-0.4, -0.2) is 39.2 Å². The summed E-state index contributed by atoms with van der Waals surface area (Å²) in [6.07, 6.45) is 3.87. The Balaban J connectivity index is 1.75. The van der Waals surface area contributed by atoms with Crippen molar-refractivity contribution in [2.45, 2.75) is 6.10 Å². The lowest BCUT2D eigenvalue weighted by Gasteiger charge is -2.11. The van der Waals surface area contributed by atoms with E-state index in [1.54, 1.807) is 17.0 Å². The molecule has 0 saturated heterocycles. The van der Waals surface area contributed by atoms with Gasteiger partial charge in [-0.3, -0.25) is 0 Å². The summed E-state index contributed by atoms with van der Waals surface area (Å²) in [5.74, 6) is 1.31. The minimum Gasteiger partial charge on any atom is -0.382 e. The Labute approximate surface area is 175 Å². The molecule has 0 bridgehead atoms. The first-order valence-electron chi connectivity index (χ1n) is 9.19. The quantitative estimate of drug-likeness (QED) is 0.460. The van der Waals surface area contributed by atoms with Crippen molar-refractivity contribution < 1.29 is 5.11 Å². The fourth-order valence-electron chi connectivity index (χ4n) is 3.43. The largest absolute Gasteiger partial charge is 0.382 e. The van der Waals surface area contributed by atoms with E-state index >= 15 is 0 Å². The van der Waals surface area contributed by atoms with Crippen LogP contribution in [-0.2, 0) is 14.1 Å². The van der Waals surface area contributed by atoms with Crippen LogP contribution in [0.3, 0.4) is 0 Å². The highest BCUT2D eigenvalue weighted by Crippen LogP contribution is 2.38. The third kappa shape index (κ3) is 2.85. The maximum absolute atomic E-state index is 11.0. The van der Waals surface area contributed by atoms with Gasteiger partial charge in [-0.05, 0) is 0 Å². The minimum atomic E-state index is -0.995. The van der Waals surface area contributed by atoms with E-state index in [4.69, 9.17) is 10.7 Å². The molecule has 0 aliphatic carbocycles. The number of fused-ring (bicyclic) bond motifs is 1. The first kappa shape index (κ1) is 18.4. The molecule has 1 unspecified atom stereocenters. The molecule has 30 heavy (non-hydrogen) atoms. The standard InChI is InChI=1S/C20H18N8OS/c1-27-9-8-22-17(27)15(29)18-25-12(11-6-4-3-5-7-11)14(28(18)2)20-26-13-16(21)23-10-24-19(13)30-20/h3-10,15,29H,1-2H3,(H2,21,23,24). The molecule has 0 spiro atoms. The number of aliphatic hydroxyl groups excluding tert-OH is 1. The Hall–Kier alpha value is -3.63. The van der Waals surface area contributed by atoms with Crippen LogP contribution in [0.2, 0.25) is 0 Å². The van der Waals surface area contributed by atoms with E-state index in [9.17, 15) is 5.11 Å². The van der Waals surface area contributed by atoms with Crippen LogP contribution >= 0.6 is 11.3 Å². The number of hydrogen-bond donors (Lipinski definition) is 2. The number of imidazole rings is 2. The van der Waals surface area contributed by atoms with E-state index in [0.717, 1.165) is 11.3 Å². The summed E-state index contributed by atoms with van der Waals surface area (Å²) >= 11 is 1.41. The number of nitrogens with zero attached hydrogens (tertiary/aromatic N) is 7. The van der Waals surface area contributed by atoms with Crippen LogP contribution in [0.25, 0.3) is 32.3 Å². The van der Waals surface area contributed by atoms with Crippen LogP contribution in [0.5, 0.6) is 0 Å². The van der Waals surface area contributed by atoms with Gasteiger partial charge in [0.15, 0.2) is 11.9 Å². The number of anilines is 1. The first-order valence-corrected chi connectivity index (χ1v) is 10.0. The molecule has 150 valence electrons. The summed E-state index contributed by atoms with van der Waals surface area (Å²) in [4.78, 5) is 22.8. The number of aryl methyl sites for hydroxylation is 1. The molecule has 4 aromatic heterocycles. The summed E-state index contributed by atoms with van der Waals surface area (Å²) < 4.78 is 3.62. The summed E-state index contributed by atoms with van der Waals surface area (Å²) in [5, 5.41) is 11.7. The van der Waals surface area contributed by atoms with Crippen molar-refractivity contribution >= 4 is 27.5 Å². The lowest BCUT2D eigenvalue weighted by Crippen LogP contribution is -2.12. The average Bonchev–Trinajstić information content (AvgIpc) is 3.45. The molecule has 9 nitrogen and oxygen atoms in total. The molecule has 0 aliphatic rings.